The zero-order valence-corrected chi connectivity index (χ0v) is 11.9. The molecule has 0 aliphatic carbocycles. The van der Waals surface area contributed by atoms with Crippen molar-refractivity contribution in [1.82, 2.24) is 14.7 Å². The Labute approximate surface area is 106 Å². The molecular weight excluding hydrogens is 210 g/mol. The van der Waals surface area contributed by atoms with Crippen molar-refractivity contribution in [2.75, 3.05) is 13.1 Å². The van der Waals surface area contributed by atoms with Crippen molar-refractivity contribution in [3.8, 4) is 0 Å². The van der Waals surface area contributed by atoms with Crippen LogP contribution >= 0.6 is 0 Å². The molecule has 0 amide bonds. The highest BCUT2D eigenvalue weighted by Crippen LogP contribution is 2.35. The zero-order valence-electron chi connectivity index (χ0n) is 11.9. The molecule has 17 heavy (non-hydrogen) atoms. The molecule has 1 aliphatic rings. The van der Waals surface area contributed by atoms with E-state index in [2.05, 4.69) is 69.1 Å². The van der Waals surface area contributed by atoms with Gasteiger partial charge < -0.3 is 14.7 Å². The molecule has 0 bridgehead atoms. The molecule has 1 rings (SSSR count). The molecule has 1 saturated heterocycles. The van der Waals surface area contributed by atoms with Gasteiger partial charge in [-0.1, -0.05) is 19.7 Å². The van der Waals surface area contributed by atoms with Crippen molar-refractivity contribution in [3.63, 3.8) is 0 Å². The second-order valence-electron chi connectivity index (χ2n) is 5.24. The normalized spacial score (nSPS) is 18.2. The minimum Gasteiger partial charge on any atom is -0.315 e. The quantitative estimate of drug-likeness (QED) is 0.728. The summed E-state index contributed by atoms with van der Waals surface area (Å²) in [7, 11) is 0. The Kier molecular flexibility index (Phi) is 3.60. The van der Waals surface area contributed by atoms with E-state index >= 15 is 0 Å². The summed E-state index contributed by atoms with van der Waals surface area (Å²) < 4.78 is 0. The Bertz CT molecular complexity index is 323. The first kappa shape index (κ1) is 13.7. The second-order valence-corrected chi connectivity index (χ2v) is 5.24. The van der Waals surface area contributed by atoms with Crippen LogP contribution in [0.3, 0.4) is 0 Å². The molecule has 96 valence electrons. The predicted molar refractivity (Wildman–Crippen MR) is 73.8 cm³/mol. The third-order valence-electron chi connectivity index (χ3n) is 3.07. The van der Waals surface area contributed by atoms with Crippen LogP contribution < -0.4 is 0 Å². The minimum absolute atomic E-state index is 0.0320. The lowest BCUT2D eigenvalue weighted by Crippen LogP contribution is -2.54. The average Bonchev–Trinajstić information content (AvgIpc) is 2.16. The van der Waals surface area contributed by atoms with Crippen LogP contribution in [0.4, 0.5) is 0 Å². The smallest absolute Gasteiger partial charge is 0.108 e. The summed E-state index contributed by atoms with van der Waals surface area (Å²) in [5.74, 6) is 2.88. The SMILES string of the molecule is C=C1N(CC)C(=C)N(C(C)(C)C)C(=C)N1CC. The lowest BCUT2D eigenvalue weighted by Gasteiger charge is -2.53. The third kappa shape index (κ3) is 2.19. The van der Waals surface area contributed by atoms with E-state index in [0.29, 0.717) is 0 Å². The van der Waals surface area contributed by atoms with Crippen LogP contribution in [0.5, 0.6) is 0 Å². The first-order valence-corrected chi connectivity index (χ1v) is 6.17. The molecular formula is C14H25N3. The van der Waals surface area contributed by atoms with E-state index in [1.54, 1.807) is 0 Å². The maximum atomic E-state index is 4.19. The summed E-state index contributed by atoms with van der Waals surface area (Å²) in [6, 6.07) is 0. The Hall–Kier alpha value is -1.38. The summed E-state index contributed by atoms with van der Waals surface area (Å²) in [6.45, 7) is 25.0. The Morgan fingerprint density at radius 3 is 1.41 bits per heavy atom. The number of hydrogen-bond donors (Lipinski definition) is 0. The lowest BCUT2D eigenvalue weighted by molar-refractivity contribution is 0.0777. The van der Waals surface area contributed by atoms with Gasteiger partial charge >= 0.3 is 0 Å². The first-order valence-electron chi connectivity index (χ1n) is 6.17. The van der Waals surface area contributed by atoms with Crippen LogP contribution in [-0.4, -0.2) is 33.3 Å². The Morgan fingerprint density at radius 2 is 1.18 bits per heavy atom. The van der Waals surface area contributed by atoms with E-state index in [0.717, 1.165) is 30.6 Å². The molecule has 1 fully saturated rings. The topological polar surface area (TPSA) is 9.72 Å². The summed E-state index contributed by atoms with van der Waals surface area (Å²) >= 11 is 0. The van der Waals surface area contributed by atoms with E-state index in [9.17, 15) is 0 Å². The summed E-state index contributed by atoms with van der Waals surface area (Å²) in [5, 5.41) is 0. The van der Waals surface area contributed by atoms with Crippen molar-refractivity contribution < 1.29 is 0 Å². The Balaban J connectivity index is 3.19. The van der Waals surface area contributed by atoms with E-state index < -0.39 is 0 Å². The average molecular weight is 235 g/mol. The van der Waals surface area contributed by atoms with Gasteiger partial charge in [0.15, 0.2) is 0 Å². The summed E-state index contributed by atoms with van der Waals surface area (Å²) in [4.78, 5) is 6.43. The van der Waals surface area contributed by atoms with Crippen LogP contribution in [0.2, 0.25) is 0 Å². The summed E-state index contributed by atoms with van der Waals surface area (Å²) in [6.07, 6.45) is 0. The lowest BCUT2D eigenvalue weighted by atomic mass is 10.1. The van der Waals surface area contributed by atoms with Gasteiger partial charge in [-0.05, 0) is 34.6 Å². The number of hydrogen-bond acceptors (Lipinski definition) is 3. The van der Waals surface area contributed by atoms with Crippen LogP contribution in [0, 0.1) is 0 Å². The molecule has 1 heterocycles. The zero-order chi connectivity index (χ0) is 13.4. The highest BCUT2D eigenvalue weighted by molar-refractivity contribution is 5.23. The highest BCUT2D eigenvalue weighted by atomic mass is 15.5. The van der Waals surface area contributed by atoms with Crippen LogP contribution in [0.15, 0.2) is 37.2 Å². The molecule has 0 spiro atoms. The van der Waals surface area contributed by atoms with Gasteiger partial charge in [0, 0.05) is 18.6 Å². The van der Waals surface area contributed by atoms with Gasteiger partial charge in [-0.2, -0.15) is 0 Å². The van der Waals surface area contributed by atoms with Gasteiger partial charge in [0.05, 0.1) is 0 Å². The Morgan fingerprint density at radius 1 is 0.824 bits per heavy atom. The largest absolute Gasteiger partial charge is 0.315 e. The monoisotopic (exact) mass is 235 g/mol. The maximum Gasteiger partial charge on any atom is 0.108 e. The van der Waals surface area contributed by atoms with Gasteiger partial charge in [0.2, 0.25) is 0 Å². The van der Waals surface area contributed by atoms with Crippen LogP contribution in [0.1, 0.15) is 34.6 Å². The molecule has 0 aromatic heterocycles. The molecule has 0 aromatic rings. The molecule has 0 aromatic carbocycles. The predicted octanol–water partition coefficient (Wildman–Crippen LogP) is 3.16. The summed E-state index contributed by atoms with van der Waals surface area (Å²) in [5.41, 5.74) is -0.0320. The molecule has 0 radical (unpaired) electrons. The van der Waals surface area contributed by atoms with Crippen LogP contribution in [-0.2, 0) is 0 Å². The molecule has 1 aliphatic heterocycles. The van der Waals surface area contributed by atoms with E-state index in [1.807, 2.05) is 0 Å². The van der Waals surface area contributed by atoms with E-state index in [4.69, 9.17) is 0 Å². The number of rotatable bonds is 2. The molecule has 3 nitrogen and oxygen atoms in total. The fourth-order valence-corrected chi connectivity index (χ4v) is 2.34. The van der Waals surface area contributed by atoms with Crippen molar-refractivity contribution in [2.24, 2.45) is 0 Å². The fourth-order valence-electron chi connectivity index (χ4n) is 2.34. The second kappa shape index (κ2) is 4.47. The minimum atomic E-state index is -0.0320. The molecule has 0 N–H and O–H groups in total. The fraction of sp³-hybridized carbons (Fsp3) is 0.571. The van der Waals surface area contributed by atoms with Crippen molar-refractivity contribution in [1.29, 1.82) is 0 Å². The first-order chi connectivity index (χ1) is 7.75. The standard InChI is InChI=1S/C14H25N3/c1-9-15-11(3)16(10-2)13(5)17(12(15)4)14(6,7)8/h3-5,9-10H2,1-2,6-8H3. The number of nitrogens with zero attached hydrogens (tertiary/aromatic N) is 3. The molecule has 3 heteroatoms. The molecule has 0 saturated carbocycles. The van der Waals surface area contributed by atoms with Crippen LogP contribution in [0.25, 0.3) is 0 Å². The third-order valence-corrected chi connectivity index (χ3v) is 3.07. The van der Waals surface area contributed by atoms with Gasteiger partial charge in [-0.25, -0.2) is 0 Å². The van der Waals surface area contributed by atoms with Crippen molar-refractivity contribution in [2.45, 2.75) is 40.2 Å². The highest BCUT2D eigenvalue weighted by Gasteiger charge is 2.36. The van der Waals surface area contributed by atoms with Crippen molar-refractivity contribution >= 4 is 0 Å². The van der Waals surface area contributed by atoms with E-state index in [1.165, 1.54) is 0 Å². The van der Waals surface area contributed by atoms with Crippen molar-refractivity contribution in [3.05, 3.63) is 37.2 Å². The van der Waals surface area contributed by atoms with Gasteiger partial charge in [0.1, 0.15) is 17.5 Å². The maximum absolute atomic E-state index is 4.19. The van der Waals surface area contributed by atoms with Gasteiger partial charge in [-0.3, -0.25) is 0 Å². The van der Waals surface area contributed by atoms with Gasteiger partial charge in [-0.15, -0.1) is 0 Å². The van der Waals surface area contributed by atoms with Gasteiger partial charge in [0.25, 0.3) is 0 Å². The molecule has 0 atom stereocenters. The molecule has 0 unspecified atom stereocenters. The van der Waals surface area contributed by atoms with E-state index in [-0.39, 0.29) is 5.54 Å².